The average molecular weight is 580 g/mol. The standard InChI is InChI=1S/C27H29Cl3N4O4/c1-4-38-26(36)22-21(32(3)27(37)31-24(22)18-9-7-11-20(29)23(18)30)15-33-12-13-34(16(2)14-33)25(35)17-8-5-6-10-19(17)28/h5-11,16,24H,4,12-15H2,1-3H3,(H,31,37)/t16-,24+/m1/s1. The van der Waals surface area contributed by atoms with Crippen LogP contribution in [0.4, 0.5) is 4.79 Å². The van der Waals surface area contributed by atoms with Crippen LogP contribution in [0, 0.1) is 0 Å². The summed E-state index contributed by atoms with van der Waals surface area (Å²) >= 11 is 19.0. The quantitative estimate of drug-likeness (QED) is 0.487. The molecule has 0 radical (unpaired) electrons. The number of carbonyl (C=O) groups is 3. The number of likely N-dealkylation sites (N-methyl/N-ethyl adjacent to an activating group) is 1. The van der Waals surface area contributed by atoms with E-state index in [4.69, 9.17) is 39.5 Å². The van der Waals surface area contributed by atoms with Crippen LogP contribution in [0.1, 0.15) is 35.8 Å². The molecule has 0 unspecified atom stereocenters. The lowest BCUT2D eigenvalue weighted by Gasteiger charge is -2.42. The smallest absolute Gasteiger partial charge is 0.338 e. The molecular weight excluding hydrogens is 551 g/mol. The van der Waals surface area contributed by atoms with Crippen LogP contribution < -0.4 is 5.32 Å². The predicted octanol–water partition coefficient (Wildman–Crippen LogP) is 5.01. The van der Waals surface area contributed by atoms with Gasteiger partial charge in [0.25, 0.3) is 5.91 Å². The first-order valence-corrected chi connectivity index (χ1v) is 13.4. The Kier molecular flexibility index (Phi) is 8.88. The molecule has 0 bridgehead atoms. The number of urea groups is 1. The largest absolute Gasteiger partial charge is 0.463 e. The summed E-state index contributed by atoms with van der Waals surface area (Å²) in [5, 5.41) is 3.85. The van der Waals surface area contributed by atoms with Crippen molar-refractivity contribution in [3.05, 3.63) is 79.9 Å². The van der Waals surface area contributed by atoms with Gasteiger partial charge in [-0.05, 0) is 37.6 Å². The molecule has 3 amide bonds. The summed E-state index contributed by atoms with van der Waals surface area (Å²) < 4.78 is 5.40. The van der Waals surface area contributed by atoms with E-state index in [-0.39, 0.29) is 29.6 Å². The fourth-order valence-corrected chi connectivity index (χ4v) is 5.49. The molecule has 38 heavy (non-hydrogen) atoms. The first-order chi connectivity index (χ1) is 18.1. The number of benzene rings is 2. The molecule has 0 aliphatic carbocycles. The highest BCUT2D eigenvalue weighted by Gasteiger charge is 2.39. The number of rotatable bonds is 6. The van der Waals surface area contributed by atoms with Crippen molar-refractivity contribution >= 4 is 52.7 Å². The molecule has 2 aliphatic heterocycles. The highest BCUT2D eigenvalue weighted by molar-refractivity contribution is 6.42. The van der Waals surface area contributed by atoms with E-state index >= 15 is 0 Å². The molecule has 8 nitrogen and oxygen atoms in total. The maximum absolute atomic E-state index is 13.3. The Morgan fingerprint density at radius 2 is 1.76 bits per heavy atom. The van der Waals surface area contributed by atoms with Crippen molar-refractivity contribution in [2.75, 3.05) is 39.8 Å². The summed E-state index contributed by atoms with van der Waals surface area (Å²) in [6.45, 7) is 5.70. The van der Waals surface area contributed by atoms with Gasteiger partial charge in [0, 0.05) is 45.0 Å². The van der Waals surface area contributed by atoms with Crippen LogP contribution in [0.25, 0.3) is 0 Å². The highest BCUT2D eigenvalue weighted by Crippen LogP contribution is 2.37. The second kappa shape index (κ2) is 11.9. The van der Waals surface area contributed by atoms with Gasteiger partial charge in [-0.1, -0.05) is 59.1 Å². The number of ether oxygens (including phenoxy) is 1. The molecule has 0 saturated carbocycles. The number of amides is 3. The molecule has 0 spiro atoms. The number of carbonyl (C=O) groups excluding carboxylic acids is 3. The topological polar surface area (TPSA) is 82.2 Å². The molecule has 4 rings (SSSR count). The molecule has 202 valence electrons. The summed E-state index contributed by atoms with van der Waals surface area (Å²) in [6.07, 6.45) is 0. The van der Waals surface area contributed by atoms with E-state index < -0.39 is 12.0 Å². The maximum Gasteiger partial charge on any atom is 0.338 e. The first-order valence-electron chi connectivity index (χ1n) is 12.3. The third kappa shape index (κ3) is 5.64. The molecule has 2 aromatic carbocycles. The Labute approximate surface area is 237 Å². The Balaban J connectivity index is 1.64. The molecule has 1 fully saturated rings. The van der Waals surface area contributed by atoms with Gasteiger partial charge in [0.2, 0.25) is 0 Å². The van der Waals surface area contributed by atoms with Gasteiger partial charge in [-0.15, -0.1) is 0 Å². The molecule has 2 atom stereocenters. The van der Waals surface area contributed by atoms with Crippen molar-refractivity contribution in [2.24, 2.45) is 0 Å². The minimum atomic E-state index is -0.834. The van der Waals surface area contributed by atoms with Crippen LogP contribution in [0.15, 0.2) is 53.7 Å². The summed E-state index contributed by atoms with van der Waals surface area (Å²) in [5.74, 6) is -0.671. The molecule has 0 aromatic heterocycles. The Bertz CT molecular complexity index is 1280. The van der Waals surface area contributed by atoms with E-state index in [2.05, 4.69) is 10.2 Å². The van der Waals surface area contributed by atoms with Gasteiger partial charge in [0.1, 0.15) is 0 Å². The Morgan fingerprint density at radius 3 is 2.45 bits per heavy atom. The minimum absolute atomic E-state index is 0.125. The number of nitrogens with one attached hydrogen (secondary N) is 1. The number of halogens is 3. The fraction of sp³-hybridized carbons (Fsp3) is 0.370. The van der Waals surface area contributed by atoms with E-state index in [1.165, 1.54) is 4.90 Å². The van der Waals surface area contributed by atoms with Crippen molar-refractivity contribution in [3.8, 4) is 0 Å². The van der Waals surface area contributed by atoms with Crippen molar-refractivity contribution < 1.29 is 19.1 Å². The minimum Gasteiger partial charge on any atom is -0.463 e. The normalized spacial score (nSPS) is 20.4. The maximum atomic E-state index is 13.3. The lowest BCUT2D eigenvalue weighted by molar-refractivity contribution is -0.139. The van der Waals surface area contributed by atoms with Crippen molar-refractivity contribution in [1.82, 2.24) is 20.0 Å². The molecular formula is C27H29Cl3N4O4. The van der Waals surface area contributed by atoms with Crippen LogP contribution in [0.5, 0.6) is 0 Å². The number of hydrogen-bond acceptors (Lipinski definition) is 5. The Hall–Kier alpha value is -2.78. The van der Waals surface area contributed by atoms with Crippen LogP contribution >= 0.6 is 34.8 Å². The molecule has 2 aliphatic rings. The number of hydrogen-bond donors (Lipinski definition) is 1. The summed E-state index contributed by atoms with van der Waals surface area (Å²) in [7, 11) is 1.61. The molecule has 2 aromatic rings. The molecule has 11 heteroatoms. The van der Waals surface area contributed by atoms with Gasteiger partial charge in [0.05, 0.1) is 38.9 Å². The second-order valence-electron chi connectivity index (χ2n) is 9.23. The monoisotopic (exact) mass is 578 g/mol. The van der Waals surface area contributed by atoms with E-state index in [0.717, 1.165) is 0 Å². The summed E-state index contributed by atoms with van der Waals surface area (Å²) in [4.78, 5) is 44.8. The lowest BCUT2D eigenvalue weighted by Crippen LogP contribution is -2.56. The zero-order chi connectivity index (χ0) is 27.6. The van der Waals surface area contributed by atoms with Crippen molar-refractivity contribution in [2.45, 2.75) is 25.9 Å². The number of nitrogens with zero attached hydrogens (tertiary/aromatic N) is 3. The van der Waals surface area contributed by atoms with Crippen LogP contribution in [0.2, 0.25) is 15.1 Å². The first kappa shape index (κ1) is 28.2. The third-order valence-electron chi connectivity index (χ3n) is 6.81. The van der Waals surface area contributed by atoms with Gasteiger partial charge < -0.3 is 15.0 Å². The van der Waals surface area contributed by atoms with E-state index in [1.807, 2.05) is 6.92 Å². The zero-order valence-electron chi connectivity index (χ0n) is 21.3. The summed E-state index contributed by atoms with van der Waals surface area (Å²) in [6, 6.07) is 10.7. The Morgan fingerprint density at radius 1 is 1.05 bits per heavy atom. The van der Waals surface area contributed by atoms with Gasteiger partial charge in [0.15, 0.2) is 0 Å². The lowest BCUT2D eigenvalue weighted by atomic mass is 9.94. The van der Waals surface area contributed by atoms with E-state index in [9.17, 15) is 14.4 Å². The van der Waals surface area contributed by atoms with Gasteiger partial charge >= 0.3 is 12.0 Å². The molecule has 1 N–H and O–H groups in total. The van der Waals surface area contributed by atoms with Crippen molar-refractivity contribution in [3.63, 3.8) is 0 Å². The predicted molar refractivity (Wildman–Crippen MR) is 148 cm³/mol. The number of esters is 1. The third-order valence-corrected chi connectivity index (χ3v) is 7.98. The van der Waals surface area contributed by atoms with Crippen LogP contribution in [0.3, 0.4) is 0 Å². The second-order valence-corrected chi connectivity index (χ2v) is 10.4. The average Bonchev–Trinajstić information content (AvgIpc) is 2.88. The van der Waals surface area contributed by atoms with Crippen molar-refractivity contribution in [1.29, 1.82) is 0 Å². The molecule has 2 heterocycles. The number of piperazine rings is 1. The summed E-state index contributed by atoms with van der Waals surface area (Å²) in [5.41, 5.74) is 1.77. The fourth-order valence-electron chi connectivity index (χ4n) is 4.85. The van der Waals surface area contributed by atoms with Gasteiger partial charge in [-0.25, -0.2) is 9.59 Å². The SMILES string of the molecule is CCOC(=O)C1=C(CN2CCN(C(=O)c3ccccc3Cl)[C@H](C)C2)N(C)C(=O)N[C@H]1c1cccc(Cl)c1Cl. The van der Waals surface area contributed by atoms with Crippen LogP contribution in [-0.2, 0) is 9.53 Å². The zero-order valence-corrected chi connectivity index (χ0v) is 23.6. The van der Waals surface area contributed by atoms with Gasteiger partial charge in [-0.3, -0.25) is 14.6 Å². The van der Waals surface area contributed by atoms with E-state index in [1.54, 1.807) is 61.3 Å². The molecule has 1 saturated heterocycles. The van der Waals surface area contributed by atoms with E-state index in [0.29, 0.717) is 58.6 Å². The van der Waals surface area contributed by atoms with Gasteiger partial charge in [-0.2, -0.15) is 0 Å². The van der Waals surface area contributed by atoms with Crippen LogP contribution in [-0.4, -0.2) is 78.5 Å². The highest BCUT2D eigenvalue weighted by atomic mass is 35.5.